The molecule has 1 heterocycles. The first-order valence-corrected chi connectivity index (χ1v) is 6.87. The molecule has 1 unspecified atom stereocenters. The molecule has 1 aliphatic heterocycles. The Hall–Kier alpha value is -2.04. The molecule has 0 aromatic heterocycles. The Bertz CT molecular complexity index is 506. The van der Waals surface area contributed by atoms with Crippen LogP contribution in [0.2, 0.25) is 0 Å². The van der Waals surface area contributed by atoms with Crippen molar-refractivity contribution in [3.63, 3.8) is 0 Å². The second-order valence-corrected chi connectivity index (χ2v) is 5.40. The van der Waals surface area contributed by atoms with E-state index in [4.69, 9.17) is 4.74 Å². The van der Waals surface area contributed by atoms with Crippen LogP contribution in [0.1, 0.15) is 39.3 Å². The van der Waals surface area contributed by atoms with E-state index in [2.05, 4.69) is 15.6 Å². The molecule has 0 saturated carbocycles. The number of ether oxygens (including phenoxy) is 1. The van der Waals surface area contributed by atoms with E-state index >= 15 is 0 Å². The van der Waals surface area contributed by atoms with Gasteiger partial charge in [0.15, 0.2) is 12.0 Å². The molecule has 2 rings (SSSR count). The summed E-state index contributed by atoms with van der Waals surface area (Å²) in [6.07, 6.45) is 0.135. The van der Waals surface area contributed by atoms with Gasteiger partial charge in [-0.3, -0.25) is 10.1 Å². The summed E-state index contributed by atoms with van der Waals surface area (Å²) in [6.45, 7) is 7.96. The lowest BCUT2D eigenvalue weighted by Gasteiger charge is -2.10. The fourth-order valence-corrected chi connectivity index (χ4v) is 1.98. The maximum Gasteiger partial charge on any atom is 0.256 e. The SMILES string of the molecule is CC(C)NC1=NC(c2ccc(OC(C)C)cc2)C(=O)N1. The lowest BCUT2D eigenvalue weighted by molar-refractivity contribution is -0.120. The first-order valence-electron chi connectivity index (χ1n) is 6.87. The molecule has 0 fully saturated rings. The largest absolute Gasteiger partial charge is 0.491 e. The van der Waals surface area contributed by atoms with E-state index in [0.29, 0.717) is 5.96 Å². The lowest BCUT2D eigenvalue weighted by atomic mass is 10.1. The van der Waals surface area contributed by atoms with E-state index in [9.17, 15) is 4.79 Å². The molecule has 20 heavy (non-hydrogen) atoms. The molecule has 0 spiro atoms. The predicted octanol–water partition coefficient (Wildman–Crippen LogP) is 2.00. The molecule has 5 heteroatoms. The minimum atomic E-state index is -0.482. The summed E-state index contributed by atoms with van der Waals surface area (Å²) in [5.41, 5.74) is 0.860. The van der Waals surface area contributed by atoms with Gasteiger partial charge in [0.25, 0.3) is 5.91 Å². The third-order valence-electron chi connectivity index (χ3n) is 2.74. The molecule has 2 N–H and O–H groups in total. The Labute approximate surface area is 119 Å². The quantitative estimate of drug-likeness (QED) is 0.883. The maximum atomic E-state index is 11.9. The summed E-state index contributed by atoms with van der Waals surface area (Å²) in [6, 6.07) is 7.24. The highest BCUT2D eigenvalue weighted by atomic mass is 16.5. The zero-order valence-electron chi connectivity index (χ0n) is 12.3. The number of rotatable bonds is 4. The van der Waals surface area contributed by atoms with Crippen LogP contribution in [0, 0.1) is 0 Å². The number of carbonyl (C=O) groups excluding carboxylic acids is 1. The zero-order valence-corrected chi connectivity index (χ0v) is 12.3. The summed E-state index contributed by atoms with van der Waals surface area (Å²) in [4.78, 5) is 16.3. The second kappa shape index (κ2) is 5.94. The van der Waals surface area contributed by atoms with Crippen molar-refractivity contribution in [1.29, 1.82) is 0 Å². The number of carbonyl (C=O) groups is 1. The lowest BCUT2D eigenvalue weighted by Crippen LogP contribution is -2.40. The Balaban J connectivity index is 2.11. The first-order chi connectivity index (χ1) is 9.45. The number of hydrogen-bond donors (Lipinski definition) is 2. The number of nitrogens with one attached hydrogen (secondary N) is 2. The van der Waals surface area contributed by atoms with Gasteiger partial charge in [0, 0.05) is 6.04 Å². The molecule has 0 bridgehead atoms. The summed E-state index contributed by atoms with van der Waals surface area (Å²) in [7, 11) is 0. The number of aliphatic imine (C=N–C) groups is 1. The van der Waals surface area contributed by atoms with E-state index in [1.807, 2.05) is 52.0 Å². The predicted molar refractivity (Wildman–Crippen MR) is 78.8 cm³/mol. The van der Waals surface area contributed by atoms with Crippen molar-refractivity contribution in [3.05, 3.63) is 29.8 Å². The van der Waals surface area contributed by atoms with Crippen LogP contribution >= 0.6 is 0 Å². The van der Waals surface area contributed by atoms with Crippen molar-refractivity contribution in [2.45, 2.75) is 45.9 Å². The highest BCUT2D eigenvalue weighted by Crippen LogP contribution is 2.23. The van der Waals surface area contributed by atoms with Crippen LogP contribution in [0.3, 0.4) is 0 Å². The Kier molecular flexibility index (Phi) is 4.27. The van der Waals surface area contributed by atoms with E-state index in [1.165, 1.54) is 0 Å². The third-order valence-corrected chi connectivity index (χ3v) is 2.74. The van der Waals surface area contributed by atoms with E-state index in [-0.39, 0.29) is 18.1 Å². The summed E-state index contributed by atoms with van der Waals surface area (Å²) in [5.74, 6) is 1.23. The molecule has 1 amide bonds. The monoisotopic (exact) mass is 275 g/mol. The van der Waals surface area contributed by atoms with Gasteiger partial charge in [-0.1, -0.05) is 12.1 Å². The van der Waals surface area contributed by atoms with Crippen LogP contribution in [-0.4, -0.2) is 24.0 Å². The molecule has 1 aromatic carbocycles. The van der Waals surface area contributed by atoms with Crippen LogP contribution < -0.4 is 15.4 Å². The number of amides is 1. The van der Waals surface area contributed by atoms with Crippen LogP contribution in [-0.2, 0) is 4.79 Å². The van der Waals surface area contributed by atoms with Crippen molar-refractivity contribution >= 4 is 11.9 Å². The van der Waals surface area contributed by atoms with Crippen molar-refractivity contribution in [1.82, 2.24) is 10.6 Å². The zero-order chi connectivity index (χ0) is 14.7. The van der Waals surface area contributed by atoms with Gasteiger partial charge in [-0.05, 0) is 45.4 Å². The Morgan fingerprint density at radius 3 is 2.40 bits per heavy atom. The average molecular weight is 275 g/mol. The van der Waals surface area contributed by atoms with E-state index in [1.54, 1.807) is 0 Å². The molecule has 0 radical (unpaired) electrons. The molecule has 1 aromatic rings. The second-order valence-electron chi connectivity index (χ2n) is 5.40. The molecular weight excluding hydrogens is 254 g/mol. The minimum absolute atomic E-state index is 0.106. The van der Waals surface area contributed by atoms with Gasteiger partial charge >= 0.3 is 0 Å². The van der Waals surface area contributed by atoms with Gasteiger partial charge in [0.1, 0.15) is 5.75 Å². The topological polar surface area (TPSA) is 62.7 Å². The van der Waals surface area contributed by atoms with Gasteiger partial charge in [0.2, 0.25) is 0 Å². The van der Waals surface area contributed by atoms with Crippen molar-refractivity contribution in [2.75, 3.05) is 0 Å². The van der Waals surface area contributed by atoms with Gasteiger partial charge in [0.05, 0.1) is 6.10 Å². The maximum absolute atomic E-state index is 11.9. The van der Waals surface area contributed by atoms with Gasteiger partial charge in [-0.2, -0.15) is 0 Å². The fourth-order valence-electron chi connectivity index (χ4n) is 1.98. The molecule has 0 saturated heterocycles. The van der Waals surface area contributed by atoms with E-state index < -0.39 is 6.04 Å². The van der Waals surface area contributed by atoms with Gasteiger partial charge in [-0.15, -0.1) is 0 Å². The van der Waals surface area contributed by atoms with Crippen LogP contribution in [0.5, 0.6) is 5.75 Å². The van der Waals surface area contributed by atoms with E-state index in [0.717, 1.165) is 11.3 Å². The summed E-state index contributed by atoms with van der Waals surface area (Å²) >= 11 is 0. The Morgan fingerprint density at radius 2 is 1.85 bits per heavy atom. The van der Waals surface area contributed by atoms with Crippen LogP contribution in [0.25, 0.3) is 0 Å². The summed E-state index contributed by atoms with van der Waals surface area (Å²) in [5, 5.41) is 5.85. The number of guanidine groups is 1. The normalized spacial score (nSPS) is 18.2. The summed E-state index contributed by atoms with van der Waals surface area (Å²) < 4.78 is 5.58. The van der Waals surface area contributed by atoms with Gasteiger partial charge in [-0.25, -0.2) is 4.99 Å². The van der Waals surface area contributed by atoms with Crippen LogP contribution in [0.15, 0.2) is 29.3 Å². The molecule has 1 atom stereocenters. The van der Waals surface area contributed by atoms with Crippen molar-refractivity contribution < 1.29 is 9.53 Å². The highest BCUT2D eigenvalue weighted by molar-refractivity contribution is 6.05. The molecule has 108 valence electrons. The highest BCUT2D eigenvalue weighted by Gasteiger charge is 2.27. The standard InChI is InChI=1S/C15H21N3O2/c1-9(2)16-15-17-13(14(19)18-15)11-5-7-12(8-6-11)20-10(3)4/h5-10,13H,1-4H3,(H2,16,17,18,19). The van der Waals surface area contributed by atoms with Crippen molar-refractivity contribution in [3.8, 4) is 5.75 Å². The number of hydrogen-bond acceptors (Lipinski definition) is 4. The fraction of sp³-hybridized carbons (Fsp3) is 0.467. The molecule has 5 nitrogen and oxygen atoms in total. The smallest absolute Gasteiger partial charge is 0.256 e. The minimum Gasteiger partial charge on any atom is -0.491 e. The van der Waals surface area contributed by atoms with Crippen molar-refractivity contribution in [2.24, 2.45) is 4.99 Å². The third kappa shape index (κ3) is 3.50. The first kappa shape index (κ1) is 14.4. The van der Waals surface area contributed by atoms with Gasteiger partial charge < -0.3 is 10.1 Å². The molecular formula is C15H21N3O2. The Morgan fingerprint density at radius 1 is 1.20 bits per heavy atom. The molecule has 0 aliphatic carbocycles. The van der Waals surface area contributed by atoms with Crippen LogP contribution in [0.4, 0.5) is 0 Å². The number of benzene rings is 1. The average Bonchev–Trinajstić information content (AvgIpc) is 2.69. The molecule has 1 aliphatic rings. The number of nitrogens with zero attached hydrogens (tertiary/aromatic N) is 1.